The van der Waals surface area contributed by atoms with Crippen LogP contribution in [0.15, 0.2) is 54.6 Å². The summed E-state index contributed by atoms with van der Waals surface area (Å²) in [6.07, 6.45) is 0. The molecule has 0 saturated heterocycles. The van der Waals surface area contributed by atoms with E-state index >= 15 is 0 Å². The average Bonchev–Trinajstić information content (AvgIpc) is 3.03. The van der Waals surface area contributed by atoms with Crippen LogP contribution < -0.4 is 18.9 Å². The van der Waals surface area contributed by atoms with E-state index in [2.05, 4.69) is 15.0 Å². The molecule has 0 spiro atoms. The highest BCUT2D eigenvalue weighted by Gasteiger charge is 2.19. The Bertz CT molecular complexity index is 1270. The Kier molecular flexibility index (Phi) is 14.4. The zero-order valence-electron chi connectivity index (χ0n) is 25.1. The first kappa shape index (κ1) is 33.5. The lowest BCUT2D eigenvalue weighted by atomic mass is 10.1. The maximum atomic E-state index is 10.6. The second-order valence-electron chi connectivity index (χ2n) is 7.14. The van der Waals surface area contributed by atoms with Crippen molar-refractivity contribution in [2.45, 2.75) is 41.5 Å². The van der Waals surface area contributed by atoms with E-state index in [0.717, 1.165) is 0 Å². The van der Waals surface area contributed by atoms with Gasteiger partial charge in [-0.3, -0.25) is 0 Å². The third-order valence-corrected chi connectivity index (χ3v) is 5.18. The molecule has 0 radical (unpaired) electrons. The van der Waals surface area contributed by atoms with Crippen molar-refractivity contribution in [3.05, 3.63) is 54.6 Å². The summed E-state index contributed by atoms with van der Waals surface area (Å²) in [6.45, 7) is 12.0. The van der Waals surface area contributed by atoms with E-state index in [-0.39, 0.29) is 29.0 Å². The summed E-state index contributed by atoms with van der Waals surface area (Å²) in [5.41, 5.74) is 1.31. The third-order valence-electron chi connectivity index (χ3n) is 5.18. The van der Waals surface area contributed by atoms with Gasteiger partial charge in [0.05, 0.1) is 45.1 Å². The van der Waals surface area contributed by atoms with Crippen LogP contribution in [0.1, 0.15) is 41.5 Å². The normalized spacial score (nSPS) is 9.45. The number of phenols is 2. The molecule has 0 unspecified atom stereocenters. The van der Waals surface area contributed by atoms with Gasteiger partial charge in [0.2, 0.25) is 0 Å². The van der Waals surface area contributed by atoms with Gasteiger partial charge in [-0.05, 0) is 36.4 Å². The molecule has 9 heteroatoms. The van der Waals surface area contributed by atoms with Gasteiger partial charge in [0.25, 0.3) is 0 Å². The topological polar surface area (TPSA) is 116 Å². The van der Waals surface area contributed by atoms with Gasteiger partial charge in [-0.1, -0.05) is 41.5 Å². The van der Waals surface area contributed by atoms with E-state index in [1.54, 1.807) is 49.6 Å². The number of benzene rings is 3. The van der Waals surface area contributed by atoms with Crippen LogP contribution in [0.5, 0.6) is 34.5 Å². The molecule has 1 aromatic heterocycles. The maximum Gasteiger partial charge on any atom is 0.167 e. The van der Waals surface area contributed by atoms with Crippen molar-refractivity contribution in [2.75, 3.05) is 28.4 Å². The van der Waals surface area contributed by atoms with Crippen molar-refractivity contribution < 1.29 is 29.2 Å². The zero-order valence-corrected chi connectivity index (χ0v) is 25.1. The van der Waals surface area contributed by atoms with Gasteiger partial charge in [-0.15, -0.1) is 0 Å². The number of hydrogen-bond acceptors (Lipinski definition) is 9. The van der Waals surface area contributed by atoms with E-state index in [1.807, 2.05) is 41.5 Å². The molecule has 40 heavy (non-hydrogen) atoms. The Morgan fingerprint density at radius 3 is 1.10 bits per heavy atom. The van der Waals surface area contributed by atoms with Crippen molar-refractivity contribution in [3.8, 4) is 68.7 Å². The van der Waals surface area contributed by atoms with Crippen LogP contribution in [0.3, 0.4) is 0 Å². The Morgan fingerprint density at radius 2 is 0.775 bits per heavy atom. The zero-order chi connectivity index (χ0) is 30.2. The first-order valence-electron chi connectivity index (χ1n) is 13.2. The molecule has 4 aromatic rings. The monoisotopic (exact) mass is 551 g/mol. The standard InChI is InChI=1S/C25H23N3O6.3C2H6/c1-31-14-5-8-17(20(29)11-14)23-26-24(18-9-6-15(32-2)12-21(18)30)28-25(27-23)19-10-7-16(33-3)13-22(19)34-4;3*1-2/h5-13,29-30H,1-4H3;3*1-2H3. The molecule has 0 amide bonds. The van der Waals surface area contributed by atoms with E-state index in [4.69, 9.17) is 18.9 Å². The van der Waals surface area contributed by atoms with Crippen LogP contribution in [-0.4, -0.2) is 53.6 Å². The number of methoxy groups -OCH3 is 4. The van der Waals surface area contributed by atoms with Gasteiger partial charge in [0.15, 0.2) is 17.5 Å². The second-order valence-corrected chi connectivity index (χ2v) is 7.14. The summed E-state index contributed by atoms with van der Waals surface area (Å²) < 4.78 is 21.2. The fourth-order valence-electron chi connectivity index (χ4n) is 3.38. The minimum atomic E-state index is -0.0666. The summed E-state index contributed by atoms with van der Waals surface area (Å²) in [7, 11) is 6.12. The molecule has 4 rings (SSSR count). The first-order chi connectivity index (χ1) is 19.5. The number of phenolic OH excluding ortho intramolecular Hbond substituents is 2. The number of nitrogens with zero attached hydrogens (tertiary/aromatic N) is 3. The van der Waals surface area contributed by atoms with Crippen LogP contribution >= 0.6 is 0 Å². The molecule has 0 aliphatic rings. The second kappa shape index (κ2) is 17.1. The Morgan fingerprint density at radius 1 is 0.450 bits per heavy atom. The number of aromatic hydroxyl groups is 2. The molecule has 0 aliphatic heterocycles. The van der Waals surface area contributed by atoms with Crippen LogP contribution in [0.4, 0.5) is 0 Å². The summed E-state index contributed by atoms with van der Waals surface area (Å²) in [4.78, 5) is 13.7. The lowest BCUT2D eigenvalue weighted by Gasteiger charge is -2.13. The predicted octanol–water partition coefficient (Wildman–Crippen LogP) is 7.40. The molecule has 0 atom stereocenters. The predicted molar refractivity (Wildman–Crippen MR) is 160 cm³/mol. The Balaban J connectivity index is 0.00000125. The molecule has 0 fully saturated rings. The largest absolute Gasteiger partial charge is 0.507 e. The van der Waals surface area contributed by atoms with Gasteiger partial charge >= 0.3 is 0 Å². The minimum absolute atomic E-state index is 0.0666. The SMILES string of the molecule is CC.CC.CC.COc1ccc(-c2nc(-c3ccc(OC)cc3O)nc(-c3ccc(OC)cc3OC)n2)c(O)c1. The molecule has 216 valence electrons. The number of rotatable bonds is 7. The Hall–Kier alpha value is -4.53. The molecule has 0 bridgehead atoms. The molecule has 3 aromatic carbocycles. The third kappa shape index (κ3) is 7.99. The lowest BCUT2D eigenvalue weighted by Crippen LogP contribution is -2.02. The highest BCUT2D eigenvalue weighted by Crippen LogP contribution is 2.37. The van der Waals surface area contributed by atoms with Crippen LogP contribution in [-0.2, 0) is 0 Å². The molecular formula is C31H41N3O6. The molecule has 0 saturated carbocycles. The maximum absolute atomic E-state index is 10.6. The molecular weight excluding hydrogens is 510 g/mol. The first-order valence-corrected chi connectivity index (χ1v) is 13.2. The molecule has 1 heterocycles. The van der Waals surface area contributed by atoms with Gasteiger partial charge in [0.1, 0.15) is 34.5 Å². The van der Waals surface area contributed by atoms with Crippen molar-refractivity contribution >= 4 is 0 Å². The summed E-state index contributed by atoms with van der Waals surface area (Å²) >= 11 is 0. The highest BCUT2D eigenvalue weighted by atomic mass is 16.5. The van der Waals surface area contributed by atoms with Gasteiger partial charge in [-0.25, -0.2) is 15.0 Å². The fraction of sp³-hybridized carbons (Fsp3) is 0.323. The van der Waals surface area contributed by atoms with Gasteiger partial charge in [-0.2, -0.15) is 0 Å². The van der Waals surface area contributed by atoms with E-state index in [9.17, 15) is 10.2 Å². The minimum Gasteiger partial charge on any atom is -0.507 e. The lowest BCUT2D eigenvalue weighted by molar-refractivity contribution is 0.395. The highest BCUT2D eigenvalue weighted by molar-refractivity contribution is 5.74. The summed E-state index contributed by atoms with van der Waals surface area (Å²) in [5, 5.41) is 21.2. The molecule has 2 N–H and O–H groups in total. The van der Waals surface area contributed by atoms with E-state index in [1.165, 1.54) is 33.5 Å². The average molecular weight is 552 g/mol. The van der Waals surface area contributed by atoms with Crippen LogP contribution in [0, 0.1) is 0 Å². The summed E-state index contributed by atoms with van der Waals surface area (Å²) in [6, 6.07) is 14.9. The van der Waals surface area contributed by atoms with Gasteiger partial charge < -0.3 is 29.2 Å². The van der Waals surface area contributed by atoms with E-state index in [0.29, 0.717) is 39.7 Å². The molecule has 9 nitrogen and oxygen atoms in total. The number of aromatic nitrogens is 3. The molecule has 0 aliphatic carbocycles. The number of ether oxygens (including phenoxy) is 4. The van der Waals surface area contributed by atoms with Crippen molar-refractivity contribution in [2.24, 2.45) is 0 Å². The van der Waals surface area contributed by atoms with Crippen molar-refractivity contribution in [3.63, 3.8) is 0 Å². The quantitative estimate of drug-likeness (QED) is 0.242. The van der Waals surface area contributed by atoms with Crippen molar-refractivity contribution in [1.82, 2.24) is 15.0 Å². The number of hydrogen-bond donors (Lipinski definition) is 2. The van der Waals surface area contributed by atoms with Crippen molar-refractivity contribution in [1.29, 1.82) is 0 Å². The smallest absolute Gasteiger partial charge is 0.167 e. The van der Waals surface area contributed by atoms with Crippen LogP contribution in [0.2, 0.25) is 0 Å². The van der Waals surface area contributed by atoms with Crippen LogP contribution in [0.25, 0.3) is 34.2 Å². The Labute approximate surface area is 237 Å². The fourth-order valence-corrected chi connectivity index (χ4v) is 3.38. The summed E-state index contributed by atoms with van der Waals surface area (Å²) in [5.74, 6) is 2.62. The van der Waals surface area contributed by atoms with Gasteiger partial charge in [0, 0.05) is 18.2 Å². The van der Waals surface area contributed by atoms with E-state index < -0.39 is 0 Å².